The number of hydrogen-bond donors (Lipinski definition) is 1. The van der Waals surface area contributed by atoms with Crippen molar-refractivity contribution in [1.29, 1.82) is 0 Å². The van der Waals surface area contributed by atoms with E-state index in [1.54, 1.807) is 31.4 Å². The van der Waals surface area contributed by atoms with Crippen molar-refractivity contribution in [3.8, 4) is 11.5 Å². The van der Waals surface area contributed by atoms with Gasteiger partial charge in [0, 0.05) is 54.3 Å². The molecule has 152 valence electrons. The van der Waals surface area contributed by atoms with E-state index in [9.17, 15) is 4.79 Å². The molecule has 2 aromatic heterocycles. The zero-order valence-corrected chi connectivity index (χ0v) is 17.4. The van der Waals surface area contributed by atoms with Crippen molar-refractivity contribution >= 4 is 28.3 Å². The molecule has 0 bridgehead atoms. The maximum Gasteiger partial charge on any atom is 0.257 e. The van der Waals surface area contributed by atoms with Crippen LogP contribution in [0, 0.1) is 6.92 Å². The van der Waals surface area contributed by atoms with Crippen LogP contribution in [0.2, 0.25) is 0 Å². The molecule has 7 heteroatoms. The molecule has 0 saturated carbocycles. The summed E-state index contributed by atoms with van der Waals surface area (Å²) < 4.78 is 10.7. The van der Waals surface area contributed by atoms with Crippen LogP contribution in [0.1, 0.15) is 29.9 Å². The lowest BCUT2D eigenvalue weighted by Crippen LogP contribution is -2.31. The number of carbonyl (C=O) groups excluding carboxylic acids is 1. The maximum absolute atomic E-state index is 13.2. The van der Waals surface area contributed by atoms with E-state index < -0.39 is 0 Å². The summed E-state index contributed by atoms with van der Waals surface area (Å²) in [5, 5.41) is 4.15. The summed E-state index contributed by atoms with van der Waals surface area (Å²) in [6.45, 7) is 7.07. The molecule has 29 heavy (non-hydrogen) atoms. The molecule has 1 aromatic carbocycles. The van der Waals surface area contributed by atoms with Gasteiger partial charge in [0.25, 0.3) is 5.91 Å². The lowest BCUT2D eigenvalue weighted by Gasteiger charge is -2.21. The van der Waals surface area contributed by atoms with Crippen molar-refractivity contribution in [2.45, 2.75) is 20.8 Å². The Morgan fingerprint density at radius 2 is 1.72 bits per heavy atom. The Bertz CT molecular complexity index is 1010. The summed E-state index contributed by atoms with van der Waals surface area (Å²) in [4.78, 5) is 23.9. The first kappa shape index (κ1) is 20.4. The molecular formula is C22H26N4O3. The lowest BCUT2D eigenvalue weighted by atomic mass is 10.1. The Kier molecular flexibility index (Phi) is 6.16. The molecule has 2 heterocycles. The number of nitrogens with zero attached hydrogens (tertiary/aromatic N) is 3. The Morgan fingerprint density at radius 1 is 1.07 bits per heavy atom. The van der Waals surface area contributed by atoms with Crippen LogP contribution in [0.5, 0.6) is 11.5 Å². The normalized spacial score (nSPS) is 10.7. The first-order chi connectivity index (χ1) is 14.0. The van der Waals surface area contributed by atoms with Gasteiger partial charge in [-0.3, -0.25) is 4.79 Å². The predicted octanol–water partition coefficient (Wildman–Crippen LogP) is 4.18. The molecule has 1 amide bonds. The number of pyridine rings is 2. The van der Waals surface area contributed by atoms with Crippen LogP contribution in [0.25, 0.3) is 11.0 Å². The molecular weight excluding hydrogens is 368 g/mol. The highest BCUT2D eigenvalue weighted by atomic mass is 16.5. The number of nitrogens with one attached hydrogen (secondary N) is 1. The van der Waals surface area contributed by atoms with Gasteiger partial charge < -0.3 is 19.7 Å². The van der Waals surface area contributed by atoms with Crippen LogP contribution in [0.3, 0.4) is 0 Å². The van der Waals surface area contributed by atoms with Gasteiger partial charge in [-0.1, -0.05) is 0 Å². The number of fused-ring (bicyclic) bond motifs is 1. The van der Waals surface area contributed by atoms with E-state index >= 15 is 0 Å². The second kappa shape index (κ2) is 8.77. The molecule has 0 aliphatic rings. The number of carbonyl (C=O) groups is 1. The molecule has 3 rings (SSSR count). The monoisotopic (exact) mass is 394 g/mol. The third-order valence-electron chi connectivity index (χ3n) is 4.77. The Balaban J connectivity index is 2.18. The molecule has 7 nitrogen and oxygen atoms in total. The first-order valence-electron chi connectivity index (χ1n) is 9.56. The van der Waals surface area contributed by atoms with Gasteiger partial charge in [-0.2, -0.15) is 0 Å². The molecule has 0 fully saturated rings. The van der Waals surface area contributed by atoms with Crippen LogP contribution >= 0.6 is 0 Å². The molecule has 3 aromatic rings. The van der Waals surface area contributed by atoms with Crippen molar-refractivity contribution in [3.05, 3.63) is 47.8 Å². The highest BCUT2D eigenvalue weighted by Gasteiger charge is 2.20. The molecule has 0 radical (unpaired) electrons. The SMILES string of the molecule is CCN(CC)C(=O)c1cnc2nc(C)ccc2c1Nc1cc(OC)cc(OC)c1. The molecule has 1 N–H and O–H groups in total. The van der Waals surface area contributed by atoms with Gasteiger partial charge in [-0.05, 0) is 32.9 Å². The second-order valence-electron chi connectivity index (χ2n) is 6.57. The number of aryl methyl sites for hydroxylation is 1. The van der Waals surface area contributed by atoms with Crippen molar-refractivity contribution in [3.63, 3.8) is 0 Å². The molecule has 0 atom stereocenters. The number of methoxy groups -OCH3 is 2. The van der Waals surface area contributed by atoms with E-state index in [0.29, 0.717) is 41.5 Å². The smallest absolute Gasteiger partial charge is 0.257 e. The zero-order valence-electron chi connectivity index (χ0n) is 17.4. The molecule has 0 unspecified atom stereocenters. The van der Waals surface area contributed by atoms with Crippen LogP contribution in [-0.2, 0) is 0 Å². The second-order valence-corrected chi connectivity index (χ2v) is 6.57. The van der Waals surface area contributed by atoms with Crippen LogP contribution < -0.4 is 14.8 Å². The summed E-state index contributed by atoms with van der Waals surface area (Å²) in [6, 6.07) is 9.34. The van der Waals surface area contributed by atoms with Gasteiger partial charge >= 0.3 is 0 Å². The summed E-state index contributed by atoms with van der Waals surface area (Å²) in [7, 11) is 3.20. The summed E-state index contributed by atoms with van der Waals surface area (Å²) >= 11 is 0. The first-order valence-corrected chi connectivity index (χ1v) is 9.56. The zero-order chi connectivity index (χ0) is 21.0. The van der Waals surface area contributed by atoms with Crippen LogP contribution in [0.15, 0.2) is 36.5 Å². The van der Waals surface area contributed by atoms with Crippen molar-refractivity contribution in [1.82, 2.24) is 14.9 Å². The minimum Gasteiger partial charge on any atom is -0.497 e. The van der Waals surface area contributed by atoms with E-state index in [1.807, 2.05) is 45.0 Å². The minimum atomic E-state index is -0.0812. The quantitative estimate of drug-likeness (QED) is 0.648. The van der Waals surface area contributed by atoms with Crippen LogP contribution in [0.4, 0.5) is 11.4 Å². The predicted molar refractivity (Wildman–Crippen MR) is 114 cm³/mol. The number of hydrogen-bond acceptors (Lipinski definition) is 6. The topological polar surface area (TPSA) is 76.6 Å². The van der Waals surface area contributed by atoms with Gasteiger partial charge in [0.15, 0.2) is 5.65 Å². The highest BCUT2D eigenvalue weighted by Crippen LogP contribution is 2.33. The number of rotatable bonds is 7. The summed E-state index contributed by atoms with van der Waals surface area (Å²) in [5.74, 6) is 1.22. The number of anilines is 2. The Labute approximate surface area is 170 Å². The molecule has 0 aliphatic carbocycles. The van der Waals surface area contributed by atoms with E-state index in [0.717, 1.165) is 16.8 Å². The van der Waals surface area contributed by atoms with E-state index in [2.05, 4.69) is 15.3 Å². The van der Waals surface area contributed by atoms with Gasteiger partial charge in [-0.15, -0.1) is 0 Å². The maximum atomic E-state index is 13.2. The summed E-state index contributed by atoms with van der Waals surface area (Å²) in [5.41, 5.74) is 3.34. The number of aromatic nitrogens is 2. The van der Waals surface area contributed by atoms with Gasteiger partial charge in [0.1, 0.15) is 11.5 Å². The van der Waals surface area contributed by atoms with E-state index in [1.165, 1.54) is 0 Å². The van der Waals surface area contributed by atoms with Crippen molar-refractivity contribution < 1.29 is 14.3 Å². The molecule has 0 spiro atoms. The molecule has 0 saturated heterocycles. The number of benzene rings is 1. The third-order valence-corrected chi connectivity index (χ3v) is 4.77. The molecule has 0 aliphatic heterocycles. The summed E-state index contributed by atoms with van der Waals surface area (Å²) in [6.07, 6.45) is 1.59. The van der Waals surface area contributed by atoms with E-state index in [4.69, 9.17) is 9.47 Å². The van der Waals surface area contributed by atoms with E-state index in [-0.39, 0.29) is 5.91 Å². The standard InChI is InChI=1S/C22H26N4O3/c1-6-26(7-2)22(27)19-13-23-21-18(9-8-14(3)24-21)20(19)25-15-10-16(28-4)12-17(11-15)29-5/h8-13H,6-7H2,1-5H3,(H,23,24,25). The fraction of sp³-hybridized carbons (Fsp3) is 0.318. The lowest BCUT2D eigenvalue weighted by molar-refractivity contribution is 0.0774. The Hall–Kier alpha value is -3.35. The van der Waals surface area contributed by atoms with Gasteiger partial charge in [0.05, 0.1) is 25.5 Å². The third kappa shape index (κ3) is 4.23. The van der Waals surface area contributed by atoms with Gasteiger partial charge in [-0.25, -0.2) is 9.97 Å². The van der Waals surface area contributed by atoms with Crippen molar-refractivity contribution in [2.75, 3.05) is 32.6 Å². The average Bonchev–Trinajstić information content (AvgIpc) is 2.74. The fourth-order valence-electron chi connectivity index (χ4n) is 3.17. The van der Waals surface area contributed by atoms with Crippen LogP contribution in [-0.4, -0.2) is 48.1 Å². The average molecular weight is 394 g/mol. The minimum absolute atomic E-state index is 0.0812. The number of amides is 1. The van der Waals surface area contributed by atoms with Gasteiger partial charge in [0.2, 0.25) is 0 Å². The number of ether oxygens (including phenoxy) is 2. The van der Waals surface area contributed by atoms with Crippen molar-refractivity contribution in [2.24, 2.45) is 0 Å². The largest absolute Gasteiger partial charge is 0.497 e. The highest BCUT2D eigenvalue weighted by molar-refractivity contribution is 6.07. The fourth-order valence-corrected chi connectivity index (χ4v) is 3.17. The Morgan fingerprint density at radius 3 is 2.31 bits per heavy atom.